The van der Waals surface area contributed by atoms with Crippen molar-refractivity contribution >= 4 is 11.6 Å². The van der Waals surface area contributed by atoms with Gasteiger partial charge in [-0.05, 0) is 36.8 Å². The molecule has 0 aliphatic heterocycles. The molecule has 70 valence electrons. The molecule has 1 nitrogen and oxygen atoms in total. The second-order valence-corrected chi connectivity index (χ2v) is 4.20. The van der Waals surface area contributed by atoms with E-state index in [1.54, 1.807) is 0 Å². The zero-order valence-corrected chi connectivity index (χ0v) is 8.30. The minimum Gasteiger partial charge on any atom is -0.328 e. The molecule has 0 heterocycles. The summed E-state index contributed by atoms with van der Waals surface area (Å²) < 4.78 is 0. The lowest BCUT2D eigenvalue weighted by atomic mass is 9.97. The molecular weight excluding hydrogens is 182 g/mol. The third-order valence-electron chi connectivity index (χ3n) is 2.82. The molecule has 0 bridgehead atoms. The number of benzene rings is 1. The Balaban J connectivity index is 2.21. The molecule has 1 saturated carbocycles. The van der Waals surface area contributed by atoms with Crippen molar-refractivity contribution in [3.63, 3.8) is 0 Å². The minimum atomic E-state index is 0.376. The van der Waals surface area contributed by atoms with Gasteiger partial charge < -0.3 is 5.73 Å². The van der Waals surface area contributed by atoms with Crippen LogP contribution in [-0.4, -0.2) is 6.04 Å². The van der Waals surface area contributed by atoms with E-state index < -0.39 is 0 Å². The lowest BCUT2D eigenvalue weighted by Gasteiger charge is -2.11. The molecule has 0 saturated heterocycles. The lowest BCUT2D eigenvalue weighted by Crippen LogP contribution is -2.14. The minimum absolute atomic E-state index is 0.376. The molecule has 13 heavy (non-hydrogen) atoms. The van der Waals surface area contributed by atoms with Crippen LogP contribution < -0.4 is 5.73 Å². The number of rotatable bonds is 1. The lowest BCUT2D eigenvalue weighted by molar-refractivity contribution is 0.675. The Morgan fingerprint density at radius 3 is 2.62 bits per heavy atom. The van der Waals surface area contributed by atoms with Crippen LogP contribution in [0.1, 0.15) is 30.7 Å². The summed E-state index contributed by atoms with van der Waals surface area (Å²) in [5, 5.41) is 0.890. The predicted octanol–water partition coefficient (Wildman–Crippen LogP) is 2.93. The molecule has 1 aromatic rings. The van der Waals surface area contributed by atoms with Gasteiger partial charge in [0.2, 0.25) is 0 Å². The fourth-order valence-corrected chi connectivity index (χ4v) is 2.40. The second-order valence-electron chi connectivity index (χ2n) is 3.79. The summed E-state index contributed by atoms with van der Waals surface area (Å²) in [5.41, 5.74) is 7.14. The maximum Gasteiger partial charge on any atom is 0.0440 e. The highest BCUT2D eigenvalue weighted by Crippen LogP contribution is 2.36. The van der Waals surface area contributed by atoms with Crippen molar-refractivity contribution in [1.29, 1.82) is 0 Å². The molecular formula is C11H14ClN. The summed E-state index contributed by atoms with van der Waals surface area (Å²) in [6.07, 6.45) is 3.41. The second kappa shape index (κ2) is 3.69. The van der Waals surface area contributed by atoms with Crippen LogP contribution >= 0.6 is 11.6 Å². The molecule has 1 aliphatic rings. The van der Waals surface area contributed by atoms with E-state index in [0.717, 1.165) is 17.9 Å². The number of halogens is 1. The molecule has 2 atom stereocenters. The van der Waals surface area contributed by atoms with Gasteiger partial charge in [-0.25, -0.2) is 0 Å². The zero-order chi connectivity index (χ0) is 9.26. The van der Waals surface area contributed by atoms with Crippen LogP contribution in [0.5, 0.6) is 0 Å². The molecule has 1 aliphatic carbocycles. The van der Waals surface area contributed by atoms with E-state index in [2.05, 4.69) is 6.07 Å². The van der Waals surface area contributed by atoms with Crippen molar-refractivity contribution in [2.45, 2.75) is 31.2 Å². The topological polar surface area (TPSA) is 26.0 Å². The first-order chi connectivity index (χ1) is 6.27. The van der Waals surface area contributed by atoms with E-state index in [4.69, 9.17) is 17.3 Å². The Labute approximate surface area is 83.9 Å². The van der Waals surface area contributed by atoms with Gasteiger partial charge in [-0.3, -0.25) is 0 Å². The highest BCUT2D eigenvalue weighted by atomic mass is 35.5. The van der Waals surface area contributed by atoms with Crippen molar-refractivity contribution in [2.75, 3.05) is 0 Å². The largest absolute Gasteiger partial charge is 0.328 e. The highest BCUT2D eigenvalue weighted by Gasteiger charge is 2.24. The summed E-state index contributed by atoms with van der Waals surface area (Å²) in [5.74, 6) is 0.587. The van der Waals surface area contributed by atoms with Crippen molar-refractivity contribution in [3.8, 4) is 0 Å². The van der Waals surface area contributed by atoms with Gasteiger partial charge in [0.25, 0.3) is 0 Å². The van der Waals surface area contributed by atoms with Gasteiger partial charge in [-0.1, -0.05) is 29.8 Å². The van der Waals surface area contributed by atoms with Crippen molar-refractivity contribution in [1.82, 2.24) is 0 Å². The highest BCUT2D eigenvalue weighted by molar-refractivity contribution is 6.31. The molecule has 2 N–H and O–H groups in total. The molecule has 0 spiro atoms. The van der Waals surface area contributed by atoms with Gasteiger partial charge in [0, 0.05) is 11.1 Å². The number of hydrogen-bond donors (Lipinski definition) is 1. The Kier molecular flexibility index (Phi) is 2.56. The average molecular weight is 196 g/mol. The summed E-state index contributed by atoms with van der Waals surface area (Å²) in [6, 6.07) is 8.47. The van der Waals surface area contributed by atoms with E-state index in [0.29, 0.717) is 12.0 Å². The predicted molar refractivity (Wildman–Crippen MR) is 56.0 cm³/mol. The van der Waals surface area contributed by atoms with Crippen LogP contribution in [0, 0.1) is 0 Å². The van der Waals surface area contributed by atoms with Crippen LogP contribution in [0.25, 0.3) is 0 Å². The fraction of sp³-hybridized carbons (Fsp3) is 0.455. The summed E-state index contributed by atoms with van der Waals surface area (Å²) >= 11 is 6.11. The third kappa shape index (κ3) is 1.87. The first-order valence-corrected chi connectivity index (χ1v) is 5.15. The first kappa shape index (κ1) is 9.04. The Bertz CT molecular complexity index is 298. The van der Waals surface area contributed by atoms with Crippen LogP contribution in [-0.2, 0) is 0 Å². The molecule has 0 amide bonds. The maximum atomic E-state index is 6.11. The smallest absolute Gasteiger partial charge is 0.0440 e. The average Bonchev–Trinajstić information content (AvgIpc) is 2.53. The van der Waals surface area contributed by atoms with Crippen LogP contribution in [0.4, 0.5) is 0 Å². The van der Waals surface area contributed by atoms with E-state index in [9.17, 15) is 0 Å². The molecule has 1 aromatic carbocycles. The number of nitrogens with two attached hydrogens (primary N) is 1. The number of hydrogen-bond acceptors (Lipinski definition) is 1. The maximum absolute atomic E-state index is 6.11. The normalized spacial score (nSPS) is 27.8. The van der Waals surface area contributed by atoms with E-state index in [1.807, 2.05) is 18.2 Å². The van der Waals surface area contributed by atoms with E-state index >= 15 is 0 Å². The van der Waals surface area contributed by atoms with Gasteiger partial charge in [0.15, 0.2) is 0 Å². The van der Waals surface area contributed by atoms with E-state index in [1.165, 1.54) is 12.0 Å². The standard InChI is InChI=1S/C11H14ClN/c12-11-4-2-1-3-10(11)8-5-6-9(13)7-8/h1-4,8-9H,5-7,13H2/t8-,9+/m0/s1. The van der Waals surface area contributed by atoms with Gasteiger partial charge in [-0.2, -0.15) is 0 Å². The monoisotopic (exact) mass is 195 g/mol. The SMILES string of the molecule is N[C@@H]1CC[C@H](c2ccccc2Cl)C1. The molecule has 2 rings (SSSR count). The van der Waals surface area contributed by atoms with Crippen LogP contribution in [0.3, 0.4) is 0 Å². The molecule has 0 radical (unpaired) electrons. The summed E-state index contributed by atoms with van der Waals surface area (Å²) in [4.78, 5) is 0. The van der Waals surface area contributed by atoms with Crippen LogP contribution in [0.2, 0.25) is 5.02 Å². The zero-order valence-electron chi connectivity index (χ0n) is 7.54. The molecule has 2 heteroatoms. The first-order valence-electron chi connectivity index (χ1n) is 4.77. The summed E-state index contributed by atoms with van der Waals surface area (Å²) in [7, 11) is 0. The van der Waals surface area contributed by atoms with Gasteiger partial charge in [-0.15, -0.1) is 0 Å². The van der Waals surface area contributed by atoms with Crippen LogP contribution in [0.15, 0.2) is 24.3 Å². The Hall–Kier alpha value is -0.530. The quantitative estimate of drug-likeness (QED) is 0.733. The van der Waals surface area contributed by atoms with Crippen molar-refractivity contribution in [2.24, 2.45) is 5.73 Å². The molecule has 1 fully saturated rings. The summed E-state index contributed by atoms with van der Waals surface area (Å²) in [6.45, 7) is 0. The van der Waals surface area contributed by atoms with Gasteiger partial charge in [0.1, 0.15) is 0 Å². The molecule has 0 aromatic heterocycles. The van der Waals surface area contributed by atoms with Crippen molar-refractivity contribution in [3.05, 3.63) is 34.9 Å². The molecule has 0 unspecified atom stereocenters. The van der Waals surface area contributed by atoms with E-state index in [-0.39, 0.29) is 0 Å². The van der Waals surface area contributed by atoms with Gasteiger partial charge in [0.05, 0.1) is 0 Å². The Morgan fingerprint density at radius 1 is 1.23 bits per heavy atom. The third-order valence-corrected chi connectivity index (χ3v) is 3.16. The Morgan fingerprint density at radius 2 is 2.00 bits per heavy atom. The van der Waals surface area contributed by atoms with Gasteiger partial charge >= 0.3 is 0 Å². The fourth-order valence-electron chi connectivity index (χ4n) is 2.11. The van der Waals surface area contributed by atoms with Crippen molar-refractivity contribution < 1.29 is 0 Å².